The van der Waals surface area contributed by atoms with Crippen LogP contribution < -0.4 is 0 Å². The van der Waals surface area contributed by atoms with E-state index in [1.807, 2.05) is 0 Å². The summed E-state index contributed by atoms with van der Waals surface area (Å²) >= 11 is 0. The van der Waals surface area contributed by atoms with Gasteiger partial charge in [0.25, 0.3) is 0 Å². The Hall–Kier alpha value is -0.770. The Balaban J connectivity index is 2.27. The van der Waals surface area contributed by atoms with Crippen molar-refractivity contribution in [2.75, 3.05) is 32.7 Å². The Kier molecular flexibility index (Phi) is 17.2. The molecule has 1 atom stereocenters. The minimum atomic E-state index is -0.734. The highest BCUT2D eigenvalue weighted by molar-refractivity contribution is 5.65. The number of piperidine rings is 1. The molecule has 178 valence electrons. The van der Waals surface area contributed by atoms with Crippen LogP contribution in [0, 0.1) is 5.92 Å². The zero-order valence-electron chi connectivity index (χ0n) is 20.4. The molecule has 1 aliphatic heterocycles. The standard InChI is InChI=1S/C26H52N2O2/c1-3-5-7-9-11-13-15-20-27(21-16-14-12-10-8-6-4-2)23-19-25-18-17-22-28(24-25)26(29)30/h25H,3-24H2,1-2H3,(H,29,30). The van der Waals surface area contributed by atoms with Gasteiger partial charge in [-0.2, -0.15) is 0 Å². The molecule has 0 aromatic heterocycles. The van der Waals surface area contributed by atoms with Crippen LogP contribution >= 0.6 is 0 Å². The molecule has 0 spiro atoms. The van der Waals surface area contributed by atoms with Gasteiger partial charge in [0.15, 0.2) is 0 Å². The Morgan fingerprint density at radius 2 is 1.30 bits per heavy atom. The van der Waals surface area contributed by atoms with Crippen LogP contribution in [0.2, 0.25) is 0 Å². The fourth-order valence-corrected chi connectivity index (χ4v) is 4.76. The number of hydrogen-bond donors (Lipinski definition) is 1. The van der Waals surface area contributed by atoms with Crippen molar-refractivity contribution in [3.05, 3.63) is 0 Å². The molecule has 30 heavy (non-hydrogen) atoms. The molecule has 0 bridgehead atoms. The van der Waals surface area contributed by atoms with Crippen molar-refractivity contribution < 1.29 is 9.90 Å². The number of carbonyl (C=O) groups is 1. The smallest absolute Gasteiger partial charge is 0.407 e. The van der Waals surface area contributed by atoms with E-state index in [9.17, 15) is 9.90 Å². The summed E-state index contributed by atoms with van der Waals surface area (Å²) in [4.78, 5) is 15.6. The van der Waals surface area contributed by atoms with Gasteiger partial charge in [0.2, 0.25) is 0 Å². The highest BCUT2D eigenvalue weighted by Crippen LogP contribution is 2.20. The second kappa shape index (κ2) is 19.0. The van der Waals surface area contributed by atoms with E-state index >= 15 is 0 Å². The van der Waals surface area contributed by atoms with Gasteiger partial charge in [0, 0.05) is 13.1 Å². The van der Waals surface area contributed by atoms with Crippen molar-refractivity contribution in [1.29, 1.82) is 0 Å². The first kappa shape index (κ1) is 27.3. The van der Waals surface area contributed by atoms with E-state index in [0.29, 0.717) is 5.92 Å². The van der Waals surface area contributed by atoms with Gasteiger partial charge in [0.05, 0.1) is 0 Å². The van der Waals surface area contributed by atoms with Crippen molar-refractivity contribution in [2.24, 2.45) is 5.92 Å². The molecule has 4 nitrogen and oxygen atoms in total. The molecule has 1 N–H and O–H groups in total. The molecular weight excluding hydrogens is 372 g/mol. The normalized spacial score (nSPS) is 17.0. The summed E-state index contributed by atoms with van der Waals surface area (Å²) in [5.74, 6) is 0.556. The lowest BCUT2D eigenvalue weighted by molar-refractivity contribution is 0.114. The maximum absolute atomic E-state index is 11.3. The molecule has 1 saturated heterocycles. The molecule has 4 heteroatoms. The molecule has 0 aliphatic carbocycles. The monoisotopic (exact) mass is 424 g/mol. The van der Waals surface area contributed by atoms with Gasteiger partial charge in [-0.3, -0.25) is 0 Å². The Morgan fingerprint density at radius 1 is 0.800 bits per heavy atom. The number of amides is 1. The summed E-state index contributed by atoms with van der Waals surface area (Å²) in [6.07, 6.45) is 21.9. The lowest BCUT2D eigenvalue weighted by Gasteiger charge is -2.32. The Labute approximate surface area is 187 Å². The summed E-state index contributed by atoms with van der Waals surface area (Å²) in [5, 5.41) is 9.29. The van der Waals surface area contributed by atoms with Gasteiger partial charge in [0.1, 0.15) is 0 Å². The Bertz CT molecular complexity index is 384. The molecule has 1 fully saturated rings. The van der Waals surface area contributed by atoms with Crippen molar-refractivity contribution in [3.63, 3.8) is 0 Å². The van der Waals surface area contributed by atoms with Crippen LogP contribution in [-0.4, -0.2) is 53.7 Å². The van der Waals surface area contributed by atoms with E-state index in [-0.39, 0.29) is 0 Å². The number of hydrogen-bond acceptors (Lipinski definition) is 2. The minimum absolute atomic E-state index is 0.556. The average molecular weight is 425 g/mol. The van der Waals surface area contributed by atoms with Crippen LogP contribution in [0.5, 0.6) is 0 Å². The zero-order chi connectivity index (χ0) is 21.9. The van der Waals surface area contributed by atoms with Gasteiger partial charge in [-0.05, 0) is 57.7 Å². The summed E-state index contributed by atoms with van der Waals surface area (Å²) < 4.78 is 0. The highest BCUT2D eigenvalue weighted by atomic mass is 16.4. The second-order valence-corrected chi connectivity index (χ2v) is 9.61. The SMILES string of the molecule is CCCCCCCCCN(CCCCCCCCC)CCC1CCCN(C(=O)O)C1. The molecule has 0 radical (unpaired) electrons. The number of rotatable bonds is 19. The molecule has 0 saturated carbocycles. The van der Waals surface area contributed by atoms with E-state index < -0.39 is 6.09 Å². The second-order valence-electron chi connectivity index (χ2n) is 9.61. The summed E-state index contributed by atoms with van der Waals surface area (Å²) in [6.45, 7) is 9.67. The van der Waals surface area contributed by atoms with Crippen molar-refractivity contribution in [3.8, 4) is 0 Å². The predicted molar refractivity (Wildman–Crippen MR) is 129 cm³/mol. The molecule has 1 rings (SSSR count). The van der Waals surface area contributed by atoms with E-state index in [2.05, 4.69) is 18.7 Å². The fraction of sp³-hybridized carbons (Fsp3) is 0.962. The molecule has 1 unspecified atom stereocenters. The first-order chi connectivity index (χ1) is 14.7. The molecule has 1 amide bonds. The maximum atomic E-state index is 11.3. The van der Waals surface area contributed by atoms with Gasteiger partial charge < -0.3 is 14.9 Å². The molecule has 1 heterocycles. The minimum Gasteiger partial charge on any atom is -0.465 e. The summed E-state index contributed by atoms with van der Waals surface area (Å²) in [5.41, 5.74) is 0. The number of carboxylic acid groups (broad SMARTS) is 1. The lowest BCUT2D eigenvalue weighted by Crippen LogP contribution is -2.40. The summed E-state index contributed by atoms with van der Waals surface area (Å²) in [7, 11) is 0. The Morgan fingerprint density at radius 3 is 1.80 bits per heavy atom. The molecule has 0 aromatic rings. The summed E-state index contributed by atoms with van der Waals surface area (Å²) in [6, 6.07) is 0. The average Bonchev–Trinajstić information content (AvgIpc) is 2.75. The van der Waals surface area contributed by atoms with E-state index in [1.165, 1.54) is 109 Å². The first-order valence-corrected chi connectivity index (χ1v) is 13.4. The van der Waals surface area contributed by atoms with E-state index in [4.69, 9.17) is 0 Å². The largest absolute Gasteiger partial charge is 0.465 e. The maximum Gasteiger partial charge on any atom is 0.407 e. The van der Waals surface area contributed by atoms with Crippen molar-refractivity contribution >= 4 is 6.09 Å². The molecule has 0 aromatic carbocycles. The third-order valence-electron chi connectivity index (χ3n) is 6.80. The topological polar surface area (TPSA) is 43.8 Å². The number of likely N-dealkylation sites (tertiary alicyclic amines) is 1. The van der Waals surface area contributed by atoms with Crippen molar-refractivity contribution in [1.82, 2.24) is 9.80 Å². The van der Waals surface area contributed by atoms with E-state index in [1.54, 1.807) is 4.90 Å². The van der Waals surface area contributed by atoms with Gasteiger partial charge in [-0.25, -0.2) is 4.79 Å². The van der Waals surface area contributed by atoms with Crippen LogP contribution in [0.1, 0.15) is 123 Å². The number of nitrogens with zero attached hydrogens (tertiary/aromatic N) is 2. The van der Waals surface area contributed by atoms with Gasteiger partial charge in [-0.1, -0.05) is 90.9 Å². The van der Waals surface area contributed by atoms with E-state index in [0.717, 1.165) is 32.5 Å². The van der Waals surface area contributed by atoms with Crippen LogP contribution in [-0.2, 0) is 0 Å². The van der Waals surface area contributed by atoms with Gasteiger partial charge >= 0.3 is 6.09 Å². The van der Waals surface area contributed by atoms with Crippen LogP contribution in [0.15, 0.2) is 0 Å². The third-order valence-corrected chi connectivity index (χ3v) is 6.80. The molecular formula is C26H52N2O2. The van der Waals surface area contributed by atoms with Gasteiger partial charge in [-0.15, -0.1) is 0 Å². The third kappa shape index (κ3) is 14.3. The van der Waals surface area contributed by atoms with Crippen molar-refractivity contribution in [2.45, 2.75) is 123 Å². The fourth-order valence-electron chi connectivity index (χ4n) is 4.76. The lowest BCUT2D eigenvalue weighted by atomic mass is 9.94. The van der Waals surface area contributed by atoms with Crippen LogP contribution in [0.3, 0.4) is 0 Å². The quantitative estimate of drug-likeness (QED) is 0.217. The number of unbranched alkanes of at least 4 members (excludes halogenated alkanes) is 12. The zero-order valence-corrected chi connectivity index (χ0v) is 20.4. The predicted octanol–water partition coefficient (Wildman–Crippen LogP) is 7.57. The molecule has 1 aliphatic rings. The first-order valence-electron chi connectivity index (χ1n) is 13.4. The highest BCUT2D eigenvalue weighted by Gasteiger charge is 2.23. The van der Waals surface area contributed by atoms with Crippen LogP contribution in [0.25, 0.3) is 0 Å². The van der Waals surface area contributed by atoms with Crippen LogP contribution in [0.4, 0.5) is 4.79 Å².